The van der Waals surface area contributed by atoms with Gasteiger partial charge in [-0.25, -0.2) is 4.79 Å². The second-order valence-electron chi connectivity index (χ2n) is 17.1. The molecule has 0 aromatic heterocycles. The molecule has 2 saturated heterocycles. The van der Waals surface area contributed by atoms with Crippen LogP contribution in [0, 0.1) is 29.6 Å². The van der Waals surface area contributed by atoms with E-state index in [1.165, 1.54) is 14.2 Å². The van der Waals surface area contributed by atoms with Crippen LogP contribution in [0.3, 0.4) is 0 Å². The van der Waals surface area contributed by atoms with Crippen LogP contribution in [0.15, 0.2) is 36.0 Å². The van der Waals surface area contributed by atoms with Crippen molar-refractivity contribution in [2.45, 2.75) is 159 Å². The Morgan fingerprint density at radius 1 is 0.929 bits per heavy atom. The Hall–Kier alpha value is -2.49. The molecule has 4 aliphatic rings. The van der Waals surface area contributed by atoms with Gasteiger partial charge < -0.3 is 49.0 Å². The van der Waals surface area contributed by atoms with Crippen molar-refractivity contribution in [2.24, 2.45) is 29.6 Å². The summed E-state index contributed by atoms with van der Waals surface area (Å²) in [6, 6.07) is -1.11. The molecule has 4 N–H and O–H groups in total. The van der Waals surface area contributed by atoms with Crippen LogP contribution < -0.4 is 0 Å². The summed E-state index contributed by atoms with van der Waals surface area (Å²) >= 11 is 0. The number of hydrogen-bond acceptors (Lipinski definition) is 12. The Labute approximate surface area is 333 Å². The molecule has 1 unspecified atom stereocenters. The van der Waals surface area contributed by atoms with Gasteiger partial charge in [0.15, 0.2) is 0 Å². The maximum Gasteiger partial charge on any atom is 0.329 e. The number of ether oxygens (including phenoxy) is 5. The van der Waals surface area contributed by atoms with Gasteiger partial charge in [-0.3, -0.25) is 9.59 Å². The zero-order chi connectivity index (χ0) is 41.5. The molecular weight excluding hydrogens is 722 g/mol. The number of hydrogen-bond donors (Lipinski definition) is 4. The van der Waals surface area contributed by atoms with Gasteiger partial charge in [0.05, 0.1) is 36.6 Å². The number of aliphatic hydroxyl groups excluding tert-OH is 3. The van der Waals surface area contributed by atoms with E-state index < -0.39 is 84.1 Å². The lowest BCUT2D eigenvalue weighted by molar-refractivity contribution is -0.302. The van der Waals surface area contributed by atoms with E-state index in [1.54, 1.807) is 27.0 Å². The molecule has 3 fully saturated rings. The molecular formula is C43H69NO12. The minimum atomic E-state index is -2.50. The van der Waals surface area contributed by atoms with Gasteiger partial charge in [0.25, 0.3) is 11.7 Å². The molecule has 0 aromatic carbocycles. The summed E-state index contributed by atoms with van der Waals surface area (Å²) in [7, 11) is 4.63. The van der Waals surface area contributed by atoms with E-state index in [1.807, 2.05) is 26.0 Å². The molecule has 4 rings (SSSR count). The number of methoxy groups -OCH3 is 3. The largest absolute Gasteiger partial charge is 0.456 e. The van der Waals surface area contributed by atoms with E-state index in [9.17, 15) is 34.8 Å². The zero-order valence-electron chi connectivity index (χ0n) is 34.8. The SMILES string of the molecule is C=CC[C@@H]1/C=C(\C)C[C@H](C)C[C@H](OC)[C@H]2O[C@@](O)(C(=O)C(=O)N3CCC[C@H]3C(=O)O[C@H](/C(C)=C/C3CC[C@@H](O)[C@H](OC)C3)[C@H](C)[C@@H](O)C[C@H]1O)[C@H](C)C[C@@H]2OC. The number of cyclic esters (lactones) is 1. The van der Waals surface area contributed by atoms with Gasteiger partial charge in [0.1, 0.15) is 18.2 Å². The molecule has 3 heterocycles. The van der Waals surface area contributed by atoms with Crippen molar-refractivity contribution in [3.8, 4) is 0 Å². The van der Waals surface area contributed by atoms with Crippen molar-refractivity contribution in [3.63, 3.8) is 0 Å². The highest BCUT2D eigenvalue weighted by Crippen LogP contribution is 2.39. The molecule has 0 radical (unpaired) electrons. The van der Waals surface area contributed by atoms with Crippen LogP contribution in [0.25, 0.3) is 0 Å². The van der Waals surface area contributed by atoms with Crippen molar-refractivity contribution in [1.82, 2.24) is 4.90 Å². The van der Waals surface area contributed by atoms with Crippen LogP contribution in [0.5, 0.6) is 0 Å². The fourth-order valence-corrected chi connectivity index (χ4v) is 9.43. The average Bonchev–Trinajstić information content (AvgIpc) is 3.66. The second kappa shape index (κ2) is 20.5. The smallest absolute Gasteiger partial charge is 0.329 e. The summed E-state index contributed by atoms with van der Waals surface area (Å²) in [4.78, 5) is 43.5. The maximum absolute atomic E-state index is 14.2. The van der Waals surface area contributed by atoms with Gasteiger partial charge in [-0.2, -0.15) is 0 Å². The van der Waals surface area contributed by atoms with Crippen molar-refractivity contribution < 1.29 is 58.5 Å². The van der Waals surface area contributed by atoms with Crippen LogP contribution in [-0.4, -0.2) is 132 Å². The third kappa shape index (κ3) is 10.8. The molecule has 0 aromatic rings. The highest BCUT2D eigenvalue weighted by Gasteiger charge is 2.57. The minimum Gasteiger partial charge on any atom is -0.456 e. The van der Waals surface area contributed by atoms with Gasteiger partial charge >= 0.3 is 5.97 Å². The summed E-state index contributed by atoms with van der Waals surface area (Å²) in [5, 5.41) is 45.7. The second-order valence-corrected chi connectivity index (χ2v) is 17.1. The standard InChI is InChI=1S/C43H69NO12/c1-10-12-30-18-24(2)17-25(3)19-36(53-8)39-37(54-9)21-27(5)43(51,56-39)40(48)41(49)44-16-11-13-31(44)42(50)55-38(28(6)33(46)23-34(30)47)26(4)20-29-14-15-32(45)35(22-29)52-7/h10,18,20,25,27-39,45-47,51H,1,11-17,19,21-23H2,2-9H3/b24-18+,26-20+/t25-,27+,28+,29?,30+,31-,32+,33-,34+,35+,36-,37-,38+,39+,43+/m0/s1. The van der Waals surface area contributed by atoms with E-state index in [-0.39, 0.29) is 49.7 Å². The van der Waals surface area contributed by atoms with Crippen molar-refractivity contribution in [1.29, 1.82) is 0 Å². The number of rotatable bonds is 7. The summed E-state index contributed by atoms with van der Waals surface area (Å²) in [5.74, 6) is -7.23. The van der Waals surface area contributed by atoms with Crippen LogP contribution in [0.2, 0.25) is 0 Å². The van der Waals surface area contributed by atoms with Gasteiger partial charge in [-0.1, -0.05) is 44.6 Å². The van der Waals surface area contributed by atoms with Crippen molar-refractivity contribution in [2.75, 3.05) is 27.9 Å². The summed E-state index contributed by atoms with van der Waals surface area (Å²) in [6.45, 7) is 13.3. The van der Waals surface area contributed by atoms with E-state index in [0.29, 0.717) is 50.5 Å². The Balaban J connectivity index is 1.75. The van der Waals surface area contributed by atoms with Crippen molar-refractivity contribution >= 4 is 17.7 Å². The molecule has 3 aliphatic heterocycles. The Kier molecular flexibility index (Phi) is 16.9. The first-order valence-electron chi connectivity index (χ1n) is 20.5. The van der Waals surface area contributed by atoms with Crippen LogP contribution in [0.4, 0.5) is 0 Å². The number of carbonyl (C=O) groups is 3. The predicted molar refractivity (Wildman–Crippen MR) is 209 cm³/mol. The molecule has 318 valence electrons. The number of amides is 1. The normalized spacial score (nSPS) is 42.6. The Morgan fingerprint density at radius 3 is 2.23 bits per heavy atom. The van der Waals surface area contributed by atoms with Crippen LogP contribution in [0.1, 0.15) is 98.8 Å². The Morgan fingerprint density at radius 2 is 1.59 bits per heavy atom. The highest BCUT2D eigenvalue weighted by atomic mass is 16.7. The van der Waals surface area contributed by atoms with Gasteiger partial charge in [-0.05, 0) is 89.0 Å². The number of esters is 1. The predicted octanol–water partition coefficient (Wildman–Crippen LogP) is 4.04. The summed E-state index contributed by atoms with van der Waals surface area (Å²) in [6.07, 6.45) is 4.11. The third-order valence-corrected chi connectivity index (χ3v) is 12.8. The van der Waals surface area contributed by atoms with E-state index in [4.69, 9.17) is 23.7 Å². The van der Waals surface area contributed by atoms with Gasteiger partial charge in [0, 0.05) is 52.0 Å². The van der Waals surface area contributed by atoms with E-state index in [2.05, 4.69) is 13.5 Å². The van der Waals surface area contributed by atoms with Crippen LogP contribution >= 0.6 is 0 Å². The number of carbonyl (C=O) groups excluding carboxylic acids is 3. The molecule has 1 aliphatic carbocycles. The lowest BCUT2D eigenvalue weighted by atomic mass is 9.81. The third-order valence-electron chi connectivity index (χ3n) is 12.8. The average molecular weight is 792 g/mol. The molecule has 15 atom stereocenters. The lowest BCUT2D eigenvalue weighted by Gasteiger charge is -2.46. The molecule has 2 bridgehead atoms. The summed E-state index contributed by atoms with van der Waals surface area (Å²) < 4.78 is 29.7. The fourth-order valence-electron chi connectivity index (χ4n) is 9.43. The number of ketones is 1. The first-order chi connectivity index (χ1) is 26.5. The number of aliphatic hydroxyl groups is 4. The number of allylic oxidation sites excluding steroid dienone is 3. The van der Waals surface area contributed by atoms with Gasteiger partial charge in [0.2, 0.25) is 5.79 Å². The van der Waals surface area contributed by atoms with E-state index >= 15 is 0 Å². The van der Waals surface area contributed by atoms with Gasteiger partial charge in [-0.15, -0.1) is 6.58 Å². The minimum absolute atomic E-state index is 0.00416. The zero-order valence-corrected chi connectivity index (χ0v) is 34.8. The number of nitrogens with zero attached hydrogens (tertiary/aromatic N) is 1. The summed E-state index contributed by atoms with van der Waals surface area (Å²) in [5.41, 5.74) is 1.70. The Bertz CT molecular complexity index is 1420. The molecule has 1 amide bonds. The molecule has 56 heavy (non-hydrogen) atoms. The fraction of sp³-hybridized carbons (Fsp3) is 0.791. The molecule has 1 saturated carbocycles. The molecule has 0 spiro atoms. The molecule has 13 heteroatoms. The topological polar surface area (TPSA) is 182 Å². The maximum atomic E-state index is 14.2. The van der Waals surface area contributed by atoms with Crippen LogP contribution in [-0.2, 0) is 38.1 Å². The number of Topliss-reactive ketones (excluding diaryl/α,β-unsaturated/α-hetero) is 1. The first kappa shape index (κ1) is 46.2. The monoisotopic (exact) mass is 791 g/mol. The van der Waals surface area contributed by atoms with Crippen molar-refractivity contribution in [3.05, 3.63) is 36.0 Å². The van der Waals surface area contributed by atoms with E-state index in [0.717, 1.165) is 10.5 Å². The lowest BCUT2D eigenvalue weighted by Crippen LogP contribution is -2.63. The highest BCUT2D eigenvalue weighted by molar-refractivity contribution is 6.39. The molecule has 13 nitrogen and oxygen atoms in total. The number of fused-ring (bicyclic) bond motifs is 3. The first-order valence-corrected chi connectivity index (χ1v) is 20.5. The quantitative estimate of drug-likeness (QED) is 0.165.